The fourth-order valence-corrected chi connectivity index (χ4v) is 4.18. The number of ketones is 1. The second kappa shape index (κ2) is 8.44. The molecule has 2 aromatic carbocycles. The molecule has 1 N–H and O–H groups in total. The van der Waals surface area contributed by atoms with Gasteiger partial charge in [0.15, 0.2) is 5.78 Å². The molecule has 31 heavy (non-hydrogen) atoms. The minimum absolute atomic E-state index is 0.245. The van der Waals surface area contributed by atoms with Crippen LogP contribution in [0.3, 0.4) is 0 Å². The van der Waals surface area contributed by atoms with Crippen LogP contribution in [0.4, 0.5) is 5.69 Å². The Morgan fingerprint density at radius 1 is 1.03 bits per heavy atom. The molecule has 0 bridgehead atoms. The first-order valence-electron chi connectivity index (χ1n) is 10.5. The predicted molar refractivity (Wildman–Crippen MR) is 120 cm³/mol. The van der Waals surface area contributed by atoms with Gasteiger partial charge in [-0.25, -0.2) is 0 Å². The Balaban J connectivity index is 1.82. The van der Waals surface area contributed by atoms with Gasteiger partial charge in [0, 0.05) is 11.8 Å². The second-order valence-electron chi connectivity index (χ2n) is 8.39. The number of aliphatic hydroxyl groups excluding tert-OH is 1. The number of hydrogen-bond acceptors (Lipinski definition) is 4. The third kappa shape index (κ3) is 3.89. The molecule has 1 aromatic heterocycles. The van der Waals surface area contributed by atoms with Crippen molar-refractivity contribution in [1.29, 1.82) is 0 Å². The number of nitrogens with zero attached hydrogens (tertiary/aromatic N) is 2. The number of pyridine rings is 1. The number of aliphatic hydroxyl groups is 1. The third-order valence-electron chi connectivity index (χ3n) is 5.96. The number of aromatic nitrogens is 1. The van der Waals surface area contributed by atoms with Crippen LogP contribution >= 0.6 is 0 Å². The van der Waals surface area contributed by atoms with Crippen LogP contribution in [-0.4, -0.2) is 27.9 Å². The van der Waals surface area contributed by atoms with Gasteiger partial charge in [0.25, 0.3) is 5.91 Å². The molecule has 0 aliphatic carbocycles. The lowest BCUT2D eigenvalue weighted by Crippen LogP contribution is -2.30. The smallest absolute Gasteiger partial charge is 0.257 e. The summed E-state index contributed by atoms with van der Waals surface area (Å²) in [7, 11) is 0. The zero-order valence-electron chi connectivity index (χ0n) is 17.9. The number of hydrogen-bond donors (Lipinski definition) is 1. The van der Waals surface area contributed by atoms with Crippen molar-refractivity contribution in [2.24, 2.45) is 5.92 Å². The van der Waals surface area contributed by atoms with E-state index < -0.39 is 24.0 Å². The van der Waals surface area contributed by atoms with E-state index in [4.69, 9.17) is 0 Å². The highest BCUT2D eigenvalue weighted by Crippen LogP contribution is 2.43. The molecule has 158 valence electrons. The molecule has 0 saturated carbocycles. The lowest BCUT2D eigenvalue weighted by atomic mass is 9.85. The molecule has 1 aliphatic rings. The van der Waals surface area contributed by atoms with E-state index >= 15 is 0 Å². The van der Waals surface area contributed by atoms with Gasteiger partial charge in [-0.3, -0.25) is 14.6 Å². The molecule has 2 heterocycles. The lowest BCUT2D eigenvalue weighted by Gasteiger charge is -2.28. The van der Waals surface area contributed by atoms with Crippen molar-refractivity contribution in [3.8, 4) is 0 Å². The molecule has 1 saturated heterocycles. The Morgan fingerprint density at radius 3 is 2.29 bits per heavy atom. The van der Waals surface area contributed by atoms with Crippen molar-refractivity contribution >= 4 is 17.4 Å². The molecule has 1 aliphatic heterocycles. The van der Waals surface area contributed by atoms with Crippen LogP contribution in [0.15, 0.2) is 73.1 Å². The Kier molecular flexibility index (Phi) is 5.70. The van der Waals surface area contributed by atoms with Crippen molar-refractivity contribution in [2.45, 2.75) is 38.8 Å². The highest BCUT2D eigenvalue weighted by Gasteiger charge is 2.52. The zero-order valence-corrected chi connectivity index (χ0v) is 17.9. The maximum Gasteiger partial charge on any atom is 0.257 e. The molecule has 1 amide bonds. The van der Waals surface area contributed by atoms with Gasteiger partial charge in [-0.2, -0.15) is 0 Å². The molecule has 4 rings (SSSR count). The fourth-order valence-electron chi connectivity index (χ4n) is 4.18. The van der Waals surface area contributed by atoms with Gasteiger partial charge in [0.1, 0.15) is 6.10 Å². The van der Waals surface area contributed by atoms with Crippen LogP contribution in [0.25, 0.3) is 0 Å². The maximum absolute atomic E-state index is 13.5. The minimum atomic E-state index is -1.43. The number of anilines is 1. The third-order valence-corrected chi connectivity index (χ3v) is 5.96. The maximum atomic E-state index is 13.5. The predicted octanol–water partition coefficient (Wildman–Crippen LogP) is 4.46. The summed E-state index contributed by atoms with van der Waals surface area (Å²) >= 11 is 0. The van der Waals surface area contributed by atoms with Crippen LogP contribution in [0.5, 0.6) is 0 Å². The minimum Gasteiger partial charge on any atom is -0.382 e. The van der Waals surface area contributed by atoms with Crippen LogP contribution < -0.4 is 4.90 Å². The lowest BCUT2D eigenvalue weighted by molar-refractivity contribution is -0.124. The number of Topliss-reactive ketones (excluding diaryl/α,β-unsaturated/α-hetero) is 1. The van der Waals surface area contributed by atoms with E-state index in [-0.39, 0.29) is 5.78 Å². The summed E-state index contributed by atoms with van der Waals surface area (Å²) in [5.41, 5.74) is 4.06. The van der Waals surface area contributed by atoms with Crippen LogP contribution in [0, 0.1) is 12.8 Å². The van der Waals surface area contributed by atoms with Crippen molar-refractivity contribution < 1.29 is 14.7 Å². The summed E-state index contributed by atoms with van der Waals surface area (Å²) in [5, 5.41) is 10.9. The summed E-state index contributed by atoms with van der Waals surface area (Å²) in [6, 6.07) is 18.0. The van der Waals surface area contributed by atoms with E-state index in [0.717, 1.165) is 11.1 Å². The average molecular weight is 415 g/mol. The quantitative estimate of drug-likeness (QED) is 0.626. The van der Waals surface area contributed by atoms with Crippen LogP contribution in [-0.2, 0) is 4.79 Å². The first kappa shape index (κ1) is 20.9. The number of carbonyl (C=O) groups excluding carboxylic acids is 2. The second-order valence-corrected chi connectivity index (χ2v) is 8.39. The molecule has 3 unspecified atom stereocenters. The fraction of sp³-hybridized carbons (Fsp3) is 0.269. The van der Waals surface area contributed by atoms with Gasteiger partial charge in [-0.1, -0.05) is 67.9 Å². The van der Waals surface area contributed by atoms with Crippen molar-refractivity contribution in [2.75, 3.05) is 4.90 Å². The monoisotopic (exact) mass is 414 g/mol. The number of aryl methyl sites for hydroxylation is 1. The Morgan fingerprint density at radius 2 is 1.71 bits per heavy atom. The molecule has 1 fully saturated rings. The number of rotatable bonds is 5. The number of amides is 1. The highest BCUT2D eigenvalue weighted by atomic mass is 16.3. The first-order valence-corrected chi connectivity index (χ1v) is 10.5. The van der Waals surface area contributed by atoms with E-state index in [1.165, 1.54) is 10.5 Å². The van der Waals surface area contributed by atoms with Gasteiger partial charge < -0.3 is 10.0 Å². The van der Waals surface area contributed by atoms with Crippen LogP contribution in [0.2, 0.25) is 0 Å². The Labute approximate surface area is 182 Å². The normalized spacial score (nSPS) is 21.0. The summed E-state index contributed by atoms with van der Waals surface area (Å²) in [5.74, 6) is -1.29. The topological polar surface area (TPSA) is 70.5 Å². The molecule has 3 aromatic rings. The summed E-state index contributed by atoms with van der Waals surface area (Å²) < 4.78 is 0. The number of carbonyl (C=O) groups is 2. The standard InChI is InChI=1S/C26H26N2O3/c1-16(2)18-10-12-19(13-11-18)23-22(24(29)20-8-6-17(3)7-9-20)25(30)26(31)28(23)21-5-4-14-27-15-21/h4-16,22-23,25,30H,1-3H3. The molecule has 0 spiro atoms. The van der Waals surface area contributed by atoms with Crippen LogP contribution in [0.1, 0.15) is 52.9 Å². The summed E-state index contributed by atoms with van der Waals surface area (Å²) in [4.78, 5) is 32.3. The van der Waals surface area contributed by atoms with Gasteiger partial charge in [0.2, 0.25) is 0 Å². The number of benzene rings is 2. The van der Waals surface area contributed by atoms with Crippen molar-refractivity contribution in [3.05, 3.63) is 95.3 Å². The van der Waals surface area contributed by atoms with Crippen molar-refractivity contribution in [1.82, 2.24) is 4.98 Å². The van der Waals surface area contributed by atoms with E-state index in [1.807, 2.05) is 43.3 Å². The molecular formula is C26H26N2O3. The van der Waals surface area contributed by atoms with Gasteiger partial charge in [-0.05, 0) is 36.1 Å². The molecule has 5 nitrogen and oxygen atoms in total. The first-order chi connectivity index (χ1) is 14.9. The highest BCUT2D eigenvalue weighted by molar-refractivity contribution is 6.09. The van der Waals surface area contributed by atoms with E-state index in [1.54, 1.807) is 36.7 Å². The summed E-state index contributed by atoms with van der Waals surface area (Å²) in [6.45, 7) is 6.18. The van der Waals surface area contributed by atoms with Gasteiger partial charge in [0.05, 0.1) is 23.8 Å². The van der Waals surface area contributed by atoms with Gasteiger partial charge in [-0.15, -0.1) is 0 Å². The molecule has 0 radical (unpaired) electrons. The van der Waals surface area contributed by atoms with E-state index in [9.17, 15) is 14.7 Å². The Hall–Kier alpha value is -3.31. The van der Waals surface area contributed by atoms with Crippen molar-refractivity contribution in [3.63, 3.8) is 0 Å². The SMILES string of the molecule is Cc1ccc(C(=O)C2C(O)C(=O)N(c3cccnc3)C2c2ccc(C(C)C)cc2)cc1. The molecular weight excluding hydrogens is 388 g/mol. The zero-order chi connectivity index (χ0) is 22.1. The summed E-state index contributed by atoms with van der Waals surface area (Å²) in [6.07, 6.45) is 1.78. The molecule has 5 heteroatoms. The Bertz CT molecular complexity index is 1080. The largest absolute Gasteiger partial charge is 0.382 e. The van der Waals surface area contributed by atoms with Gasteiger partial charge >= 0.3 is 0 Å². The van der Waals surface area contributed by atoms with E-state index in [2.05, 4.69) is 18.8 Å². The van der Waals surface area contributed by atoms with E-state index in [0.29, 0.717) is 17.2 Å². The average Bonchev–Trinajstić information content (AvgIpc) is 3.05. The molecule has 3 atom stereocenters.